The number of rotatable bonds is 0. The van der Waals surface area contributed by atoms with Crippen molar-refractivity contribution in [2.75, 3.05) is 0 Å². The smallest absolute Gasteiger partial charge is 0.155 e. The number of hydrogen-bond acceptors (Lipinski definition) is 2. The fourth-order valence-electron chi connectivity index (χ4n) is 7.57. The molecule has 0 saturated heterocycles. The van der Waals surface area contributed by atoms with Crippen LogP contribution in [0.3, 0.4) is 0 Å². The molecule has 6 unspecified atom stereocenters. The van der Waals surface area contributed by atoms with Gasteiger partial charge in [-0.15, -0.1) is 0 Å². The number of nitriles is 1. The zero-order valence-electron chi connectivity index (χ0n) is 15.1. The van der Waals surface area contributed by atoms with E-state index in [4.69, 9.17) is 0 Å². The zero-order valence-corrected chi connectivity index (χ0v) is 15.1. The Morgan fingerprint density at radius 3 is 2.58 bits per heavy atom. The van der Waals surface area contributed by atoms with Crippen LogP contribution in [0, 0.1) is 51.2 Å². The molecule has 0 radical (unpaired) electrons. The van der Waals surface area contributed by atoms with Crippen LogP contribution in [0.5, 0.6) is 0 Å². The van der Waals surface area contributed by atoms with E-state index < -0.39 is 0 Å². The molecule has 128 valence electrons. The van der Waals surface area contributed by atoms with Crippen molar-refractivity contribution in [1.29, 1.82) is 5.26 Å². The van der Waals surface area contributed by atoms with Crippen LogP contribution in [0.1, 0.15) is 71.6 Å². The van der Waals surface area contributed by atoms with Crippen molar-refractivity contribution < 1.29 is 4.79 Å². The Hall–Kier alpha value is -1.10. The SMILES string of the molecule is CC1(C#N)CCC2C3CC4(CC4)C4=CC(=O)CCC4C3CCC21C. The summed E-state index contributed by atoms with van der Waals surface area (Å²) >= 11 is 0. The number of fused-ring (bicyclic) bond motifs is 6. The van der Waals surface area contributed by atoms with Crippen LogP contribution in [-0.4, -0.2) is 5.78 Å². The predicted octanol–water partition coefficient (Wildman–Crippen LogP) is 5.05. The van der Waals surface area contributed by atoms with E-state index >= 15 is 0 Å². The van der Waals surface area contributed by atoms with Crippen LogP contribution in [0.25, 0.3) is 0 Å². The van der Waals surface area contributed by atoms with E-state index in [2.05, 4.69) is 26.0 Å². The van der Waals surface area contributed by atoms with E-state index in [1.54, 1.807) is 5.57 Å². The predicted molar refractivity (Wildman–Crippen MR) is 92.9 cm³/mol. The largest absolute Gasteiger partial charge is 0.295 e. The van der Waals surface area contributed by atoms with Crippen molar-refractivity contribution in [3.8, 4) is 6.07 Å². The van der Waals surface area contributed by atoms with Gasteiger partial charge in [0.1, 0.15) is 0 Å². The molecular weight excluding hydrogens is 294 g/mol. The number of ketones is 1. The molecule has 0 aromatic carbocycles. The number of allylic oxidation sites excluding steroid dienone is 1. The van der Waals surface area contributed by atoms with E-state index in [1.807, 2.05) is 0 Å². The normalized spacial score (nSPS) is 51.2. The van der Waals surface area contributed by atoms with Gasteiger partial charge in [0.2, 0.25) is 0 Å². The summed E-state index contributed by atoms with van der Waals surface area (Å²) in [6.45, 7) is 4.66. The van der Waals surface area contributed by atoms with Gasteiger partial charge in [-0.05, 0) is 98.9 Å². The molecule has 6 atom stereocenters. The first-order valence-corrected chi connectivity index (χ1v) is 10.1. The second-order valence-electron chi connectivity index (χ2n) is 10.1. The Kier molecular flexibility index (Phi) is 2.87. The van der Waals surface area contributed by atoms with Gasteiger partial charge in [0.05, 0.1) is 11.5 Å². The molecule has 4 fully saturated rings. The van der Waals surface area contributed by atoms with Crippen LogP contribution in [-0.2, 0) is 4.79 Å². The van der Waals surface area contributed by atoms with Crippen molar-refractivity contribution >= 4 is 5.78 Å². The molecule has 2 heteroatoms. The molecule has 0 heterocycles. The Labute approximate surface area is 145 Å². The van der Waals surface area contributed by atoms with Gasteiger partial charge in [-0.2, -0.15) is 5.26 Å². The molecule has 0 aliphatic heterocycles. The fourth-order valence-corrected chi connectivity index (χ4v) is 7.57. The first-order chi connectivity index (χ1) is 11.4. The van der Waals surface area contributed by atoms with Gasteiger partial charge in [0.15, 0.2) is 5.78 Å². The lowest BCUT2D eigenvalue weighted by atomic mass is 9.47. The lowest BCUT2D eigenvalue weighted by Gasteiger charge is -2.57. The highest BCUT2D eigenvalue weighted by Gasteiger charge is 2.65. The lowest BCUT2D eigenvalue weighted by molar-refractivity contribution is -0.116. The number of hydrogen-bond donors (Lipinski definition) is 0. The molecule has 4 saturated carbocycles. The maximum atomic E-state index is 12.0. The molecule has 5 rings (SSSR count). The third kappa shape index (κ3) is 1.69. The molecule has 0 aromatic rings. The summed E-state index contributed by atoms with van der Waals surface area (Å²) in [6, 6.07) is 2.72. The van der Waals surface area contributed by atoms with Crippen molar-refractivity contribution in [2.45, 2.75) is 71.6 Å². The average Bonchev–Trinajstić information content (AvgIpc) is 3.28. The standard InChI is InChI=1S/C22H29NO/c1-20(13-23)7-6-18-17-12-22(9-10-22)19-11-14(24)3-4-16(19)15(17)5-8-21(18,20)2/h11,15-18H,3-10,12H2,1-2H3. The summed E-state index contributed by atoms with van der Waals surface area (Å²) < 4.78 is 0. The number of carbonyl (C=O) groups excluding carboxylic acids is 1. The summed E-state index contributed by atoms with van der Waals surface area (Å²) in [5, 5.41) is 9.86. The molecule has 0 aromatic heterocycles. The molecule has 5 aliphatic carbocycles. The highest BCUT2D eigenvalue weighted by atomic mass is 16.1. The quantitative estimate of drug-likeness (QED) is 0.626. The highest BCUT2D eigenvalue weighted by Crippen LogP contribution is 2.73. The summed E-state index contributed by atoms with van der Waals surface area (Å²) in [4.78, 5) is 12.0. The Morgan fingerprint density at radius 1 is 1.08 bits per heavy atom. The van der Waals surface area contributed by atoms with Crippen molar-refractivity contribution in [3.05, 3.63) is 11.6 Å². The van der Waals surface area contributed by atoms with Crippen LogP contribution in [0.4, 0.5) is 0 Å². The highest BCUT2D eigenvalue weighted by molar-refractivity contribution is 5.91. The fraction of sp³-hybridized carbons (Fsp3) is 0.818. The van der Waals surface area contributed by atoms with Crippen LogP contribution in [0.15, 0.2) is 11.6 Å². The molecule has 24 heavy (non-hydrogen) atoms. The molecule has 0 amide bonds. The van der Waals surface area contributed by atoms with Gasteiger partial charge in [0, 0.05) is 6.42 Å². The van der Waals surface area contributed by atoms with Crippen LogP contribution < -0.4 is 0 Å². The summed E-state index contributed by atoms with van der Waals surface area (Å²) in [5.74, 6) is 3.39. The molecular formula is C22H29NO. The molecule has 0 bridgehead atoms. The van der Waals surface area contributed by atoms with Crippen molar-refractivity contribution in [3.63, 3.8) is 0 Å². The van der Waals surface area contributed by atoms with Crippen molar-refractivity contribution in [2.24, 2.45) is 39.9 Å². The van der Waals surface area contributed by atoms with E-state index in [0.717, 1.165) is 37.0 Å². The van der Waals surface area contributed by atoms with Gasteiger partial charge < -0.3 is 0 Å². The van der Waals surface area contributed by atoms with Crippen molar-refractivity contribution in [1.82, 2.24) is 0 Å². The zero-order chi connectivity index (χ0) is 16.7. The molecule has 1 spiro atoms. The first-order valence-electron chi connectivity index (χ1n) is 10.1. The minimum atomic E-state index is -0.127. The Morgan fingerprint density at radius 2 is 1.88 bits per heavy atom. The number of nitrogens with zero attached hydrogens (tertiary/aromatic N) is 1. The summed E-state index contributed by atoms with van der Waals surface area (Å²) in [7, 11) is 0. The maximum absolute atomic E-state index is 12.0. The van der Waals surface area contributed by atoms with E-state index in [-0.39, 0.29) is 10.8 Å². The topological polar surface area (TPSA) is 40.9 Å². The molecule has 2 nitrogen and oxygen atoms in total. The minimum absolute atomic E-state index is 0.127. The first kappa shape index (κ1) is 15.2. The van der Waals surface area contributed by atoms with E-state index in [1.165, 1.54) is 38.5 Å². The van der Waals surface area contributed by atoms with Gasteiger partial charge in [-0.3, -0.25) is 4.79 Å². The van der Waals surface area contributed by atoms with Crippen LogP contribution in [0.2, 0.25) is 0 Å². The van der Waals surface area contributed by atoms with Gasteiger partial charge in [-0.25, -0.2) is 0 Å². The van der Waals surface area contributed by atoms with E-state index in [9.17, 15) is 10.1 Å². The third-order valence-corrected chi connectivity index (χ3v) is 9.37. The summed E-state index contributed by atoms with van der Waals surface area (Å²) in [6.07, 6.45) is 12.7. The second kappa shape index (κ2) is 4.54. The van der Waals surface area contributed by atoms with Gasteiger partial charge in [-0.1, -0.05) is 12.5 Å². The second-order valence-corrected chi connectivity index (χ2v) is 10.1. The third-order valence-electron chi connectivity index (χ3n) is 9.37. The average molecular weight is 323 g/mol. The molecule has 0 N–H and O–H groups in total. The van der Waals surface area contributed by atoms with Gasteiger partial charge >= 0.3 is 0 Å². The van der Waals surface area contributed by atoms with E-state index in [0.29, 0.717) is 17.1 Å². The Balaban J connectivity index is 1.54. The minimum Gasteiger partial charge on any atom is -0.295 e. The Bertz CT molecular complexity index is 681. The van der Waals surface area contributed by atoms with Gasteiger partial charge in [0.25, 0.3) is 0 Å². The molecule has 5 aliphatic rings. The van der Waals surface area contributed by atoms with Crippen LogP contribution >= 0.6 is 0 Å². The summed E-state index contributed by atoms with van der Waals surface area (Å²) in [5.41, 5.74) is 2.04. The monoisotopic (exact) mass is 323 g/mol. The number of carbonyl (C=O) groups is 1. The lowest BCUT2D eigenvalue weighted by Crippen LogP contribution is -2.50. The maximum Gasteiger partial charge on any atom is 0.155 e.